The normalized spacial score (nSPS) is 11.0. The Kier molecular flexibility index (Phi) is 5.81. The summed E-state index contributed by atoms with van der Waals surface area (Å²) in [7, 11) is 0. The molecule has 0 amide bonds. The van der Waals surface area contributed by atoms with Crippen LogP contribution in [0.15, 0.2) is 69.3 Å². The summed E-state index contributed by atoms with van der Waals surface area (Å²) in [6.07, 6.45) is 3.03. The number of hydrogen-bond acceptors (Lipinski definition) is 5. The molecule has 0 spiro atoms. The number of aromatic nitrogens is 3. The average Bonchev–Trinajstić information content (AvgIpc) is 3.09. The van der Waals surface area contributed by atoms with Gasteiger partial charge in [0.05, 0.1) is 5.52 Å². The van der Waals surface area contributed by atoms with Gasteiger partial charge in [0.2, 0.25) is 0 Å². The Hall–Kier alpha value is -3.14. The molecule has 0 radical (unpaired) electrons. The summed E-state index contributed by atoms with van der Waals surface area (Å²) in [5, 5.41) is 11.0. The first-order valence-electron chi connectivity index (χ1n) is 8.87. The van der Waals surface area contributed by atoms with Gasteiger partial charge in [-0.3, -0.25) is 14.6 Å². The van der Waals surface area contributed by atoms with E-state index in [0.717, 1.165) is 5.39 Å². The summed E-state index contributed by atoms with van der Waals surface area (Å²) in [6.45, 7) is -0.263. The van der Waals surface area contributed by atoms with E-state index in [1.165, 1.54) is 18.1 Å². The van der Waals surface area contributed by atoms with Crippen LogP contribution in [0.3, 0.4) is 0 Å². The van der Waals surface area contributed by atoms with Crippen LogP contribution in [-0.2, 0) is 4.79 Å². The lowest BCUT2D eigenvalue weighted by Crippen LogP contribution is -2.25. The standard InChI is InChI=1S/C20H14Cl2N4O4S/c21-12-6-13(22)8-15(7-12)31-26(10-18(27)28)14-1-2-16-11(5-14)3-4-25(16)17-9-23-20(30)24-19(17)29/h1-9H,10H2,(H,27,28)(H2,23,24,29,30). The molecule has 4 aromatic rings. The zero-order chi connectivity index (χ0) is 22.1. The second-order valence-electron chi connectivity index (χ2n) is 6.51. The van der Waals surface area contributed by atoms with E-state index in [4.69, 9.17) is 23.2 Å². The zero-order valence-corrected chi connectivity index (χ0v) is 18.0. The number of aliphatic carboxylic acids is 1. The molecule has 31 heavy (non-hydrogen) atoms. The lowest BCUT2D eigenvalue weighted by Gasteiger charge is -2.22. The first kappa shape index (κ1) is 21.1. The largest absolute Gasteiger partial charge is 0.480 e. The van der Waals surface area contributed by atoms with Crippen molar-refractivity contribution < 1.29 is 9.90 Å². The van der Waals surface area contributed by atoms with Gasteiger partial charge in [-0.25, -0.2) is 4.79 Å². The number of aromatic amines is 2. The van der Waals surface area contributed by atoms with E-state index in [0.29, 0.717) is 26.1 Å². The van der Waals surface area contributed by atoms with Crippen LogP contribution >= 0.6 is 35.1 Å². The first-order chi connectivity index (χ1) is 14.8. The minimum atomic E-state index is -1.00. The lowest BCUT2D eigenvalue weighted by molar-refractivity contribution is -0.135. The second kappa shape index (κ2) is 8.54. The fraction of sp³-hybridized carbons (Fsp3) is 0.0500. The third-order valence-corrected chi connectivity index (χ3v) is 5.79. The molecule has 4 rings (SSSR count). The minimum Gasteiger partial charge on any atom is -0.480 e. The number of carboxylic acids is 1. The number of hydrogen-bond donors (Lipinski definition) is 3. The Morgan fingerprint density at radius 2 is 1.84 bits per heavy atom. The molecule has 0 aliphatic rings. The Morgan fingerprint density at radius 1 is 1.10 bits per heavy atom. The van der Waals surface area contributed by atoms with Crippen molar-refractivity contribution in [1.29, 1.82) is 0 Å². The van der Waals surface area contributed by atoms with Crippen LogP contribution in [0.25, 0.3) is 16.6 Å². The van der Waals surface area contributed by atoms with Crippen molar-refractivity contribution >= 4 is 57.7 Å². The number of benzene rings is 2. The van der Waals surface area contributed by atoms with Gasteiger partial charge in [-0.2, -0.15) is 0 Å². The Morgan fingerprint density at radius 3 is 2.52 bits per heavy atom. The summed E-state index contributed by atoms with van der Waals surface area (Å²) < 4.78 is 3.24. The van der Waals surface area contributed by atoms with Crippen molar-refractivity contribution in [1.82, 2.24) is 14.5 Å². The van der Waals surface area contributed by atoms with Gasteiger partial charge in [0.15, 0.2) is 0 Å². The highest BCUT2D eigenvalue weighted by atomic mass is 35.5. The molecule has 0 aliphatic heterocycles. The number of rotatable bonds is 6. The van der Waals surface area contributed by atoms with Gasteiger partial charge in [-0.1, -0.05) is 23.2 Å². The molecule has 3 N–H and O–H groups in total. The average molecular weight is 477 g/mol. The molecule has 0 aliphatic carbocycles. The highest BCUT2D eigenvalue weighted by Crippen LogP contribution is 2.34. The number of nitrogens with one attached hydrogen (secondary N) is 2. The van der Waals surface area contributed by atoms with Gasteiger partial charge in [0, 0.05) is 38.4 Å². The van der Waals surface area contributed by atoms with Crippen LogP contribution in [0, 0.1) is 0 Å². The molecule has 0 fully saturated rings. The predicted molar refractivity (Wildman–Crippen MR) is 122 cm³/mol. The van der Waals surface area contributed by atoms with Gasteiger partial charge in [0.25, 0.3) is 5.56 Å². The second-order valence-corrected chi connectivity index (χ2v) is 8.48. The quantitative estimate of drug-likeness (QED) is 0.363. The highest BCUT2D eigenvalue weighted by molar-refractivity contribution is 8.00. The number of nitrogens with zero attached hydrogens (tertiary/aromatic N) is 2. The minimum absolute atomic E-state index is 0.257. The Balaban J connectivity index is 1.73. The van der Waals surface area contributed by atoms with E-state index >= 15 is 0 Å². The van der Waals surface area contributed by atoms with Crippen LogP contribution in [0.2, 0.25) is 10.0 Å². The summed E-state index contributed by atoms with van der Waals surface area (Å²) in [5.74, 6) is -1.00. The van der Waals surface area contributed by atoms with Crippen LogP contribution < -0.4 is 15.6 Å². The van der Waals surface area contributed by atoms with Crippen molar-refractivity contribution in [3.63, 3.8) is 0 Å². The summed E-state index contributed by atoms with van der Waals surface area (Å²) in [6, 6.07) is 12.1. The van der Waals surface area contributed by atoms with E-state index in [2.05, 4.69) is 9.97 Å². The molecular weight excluding hydrogens is 463 g/mol. The summed E-state index contributed by atoms with van der Waals surface area (Å²) >= 11 is 13.3. The van der Waals surface area contributed by atoms with Crippen molar-refractivity contribution in [3.05, 3.63) is 85.7 Å². The number of halogens is 2. The van der Waals surface area contributed by atoms with Crippen molar-refractivity contribution in [2.24, 2.45) is 0 Å². The fourth-order valence-electron chi connectivity index (χ4n) is 3.08. The molecule has 0 saturated heterocycles. The van der Waals surface area contributed by atoms with E-state index in [1.54, 1.807) is 51.5 Å². The van der Waals surface area contributed by atoms with E-state index in [1.807, 2.05) is 6.07 Å². The van der Waals surface area contributed by atoms with Crippen LogP contribution in [0.1, 0.15) is 0 Å². The van der Waals surface area contributed by atoms with E-state index in [-0.39, 0.29) is 12.2 Å². The number of H-pyrrole nitrogens is 2. The number of carboxylic acid groups (broad SMARTS) is 1. The maximum absolute atomic E-state index is 12.1. The van der Waals surface area contributed by atoms with Gasteiger partial charge in [-0.05, 0) is 54.4 Å². The molecule has 0 saturated carbocycles. The molecule has 2 aromatic heterocycles. The smallest absolute Gasteiger partial charge is 0.325 e. The number of anilines is 1. The molecule has 8 nitrogen and oxygen atoms in total. The number of fused-ring (bicyclic) bond motifs is 1. The monoisotopic (exact) mass is 476 g/mol. The highest BCUT2D eigenvalue weighted by Gasteiger charge is 2.16. The Labute approximate surface area is 189 Å². The summed E-state index contributed by atoms with van der Waals surface area (Å²) in [5.41, 5.74) is 0.505. The SMILES string of the molecule is O=C(O)CN(Sc1cc(Cl)cc(Cl)c1)c1ccc2c(ccn2-c2c[nH]c(=O)[nH]c2=O)c1. The van der Waals surface area contributed by atoms with Crippen LogP contribution in [0.4, 0.5) is 5.69 Å². The lowest BCUT2D eigenvalue weighted by atomic mass is 10.2. The Bertz CT molecular complexity index is 1390. The first-order valence-corrected chi connectivity index (χ1v) is 10.4. The molecule has 158 valence electrons. The predicted octanol–water partition coefficient (Wildman–Crippen LogP) is 3.91. The van der Waals surface area contributed by atoms with Gasteiger partial charge < -0.3 is 19.0 Å². The molecule has 0 bridgehead atoms. The van der Waals surface area contributed by atoms with E-state index < -0.39 is 17.2 Å². The van der Waals surface area contributed by atoms with E-state index in [9.17, 15) is 19.5 Å². The summed E-state index contributed by atoms with van der Waals surface area (Å²) in [4.78, 5) is 40.2. The molecule has 0 atom stereocenters. The van der Waals surface area contributed by atoms with Gasteiger partial charge in [-0.15, -0.1) is 0 Å². The molecule has 11 heteroatoms. The fourth-order valence-corrected chi connectivity index (χ4v) is 4.75. The van der Waals surface area contributed by atoms with Crippen molar-refractivity contribution in [2.45, 2.75) is 4.90 Å². The molecule has 2 heterocycles. The topological polar surface area (TPSA) is 111 Å². The van der Waals surface area contributed by atoms with Crippen LogP contribution in [-0.4, -0.2) is 32.2 Å². The third kappa shape index (κ3) is 4.63. The van der Waals surface area contributed by atoms with Crippen LogP contribution in [0.5, 0.6) is 0 Å². The van der Waals surface area contributed by atoms with Crippen molar-refractivity contribution in [2.75, 3.05) is 10.8 Å². The van der Waals surface area contributed by atoms with Gasteiger partial charge >= 0.3 is 11.7 Å². The van der Waals surface area contributed by atoms with Crippen molar-refractivity contribution in [3.8, 4) is 5.69 Å². The maximum atomic E-state index is 12.1. The number of carbonyl (C=O) groups is 1. The van der Waals surface area contributed by atoms with Gasteiger partial charge in [0.1, 0.15) is 12.2 Å². The molecule has 2 aromatic carbocycles. The maximum Gasteiger partial charge on any atom is 0.325 e. The molecule has 0 unspecified atom stereocenters. The molecular formula is C20H14Cl2N4O4S. The zero-order valence-electron chi connectivity index (χ0n) is 15.6. The third-order valence-electron chi connectivity index (χ3n) is 4.35.